The number of hydrogen-bond acceptors (Lipinski definition) is 4. The van der Waals surface area contributed by atoms with Crippen LogP contribution < -0.4 is 10.6 Å². The molecular formula is C9H16N2O3. The number of piperidine rings is 1. The van der Waals surface area contributed by atoms with E-state index in [1.54, 1.807) is 0 Å². The maximum atomic E-state index is 11.2. The van der Waals surface area contributed by atoms with Gasteiger partial charge in [-0.3, -0.25) is 14.9 Å². The molecule has 2 amide bonds. The van der Waals surface area contributed by atoms with E-state index in [1.165, 1.54) is 0 Å². The predicted octanol–water partition coefficient (Wildman–Crippen LogP) is -0.990. The Morgan fingerprint density at radius 1 is 1.64 bits per heavy atom. The summed E-state index contributed by atoms with van der Waals surface area (Å²) in [5, 5.41) is 14.1. The van der Waals surface area contributed by atoms with E-state index in [0.717, 1.165) is 0 Å². The summed E-state index contributed by atoms with van der Waals surface area (Å²) >= 11 is 0. The monoisotopic (exact) mass is 200 g/mol. The van der Waals surface area contributed by atoms with Gasteiger partial charge in [0.2, 0.25) is 11.8 Å². The number of aliphatic hydroxyl groups excluding tert-OH is 1. The van der Waals surface area contributed by atoms with Crippen LogP contribution in [0.2, 0.25) is 0 Å². The molecular weight excluding hydrogens is 184 g/mol. The predicted molar refractivity (Wildman–Crippen MR) is 50.4 cm³/mol. The van der Waals surface area contributed by atoms with Crippen LogP contribution in [-0.2, 0) is 9.59 Å². The number of hydrogen-bond donors (Lipinski definition) is 3. The third-order valence-corrected chi connectivity index (χ3v) is 2.26. The van der Waals surface area contributed by atoms with E-state index in [4.69, 9.17) is 5.11 Å². The second kappa shape index (κ2) is 5.07. The zero-order valence-electron chi connectivity index (χ0n) is 8.25. The molecule has 5 heteroatoms. The van der Waals surface area contributed by atoms with E-state index in [0.29, 0.717) is 19.4 Å². The van der Waals surface area contributed by atoms with Crippen LogP contribution in [0.1, 0.15) is 19.8 Å². The standard InChI is InChI=1S/C9H16N2O3/c1-6(5-12)4-10-7-2-3-8(13)11-9(7)14/h6-7,10,12H,2-5H2,1H3,(H,11,13,14). The van der Waals surface area contributed by atoms with Gasteiger partial charge in [0.15, 0.2) is 0 Å². The molecule has 2 atom stereocenters. The van der Waals surface area contributed by atoms with Gasteiger partial charge in [0.1, 0.15) is 0 Å². The lowest BCUT2D eigenvalue weighted by molar-refractivity contribution is -0.134. The molecule has 0 aliphatic carbocycles. The van der Waals surface area contributed by atoms with Gasteiger partial charge in [-0.15, -0.1) is 0 Å². The normalized spacial score (nSPS) is 24.6. The van der Waals surface area contributed by atoms with Gasteiger partial charge in [0, 0.05) is 19.6 Å². The highest BCUT2D eigenvalue weighted by atomic mass is 16.3. The number of amides is 2. The smallest absolute Gasteiger partial charge is 0.243 e. The molecule has 0 bridgehead atoms. The quantitative estimate of drug-likeness (QED) is 0.509. The second-order valence-corrected chi connectivity index (χ2v) is 3.70. The molecule has 2 unspecified atom stereocenters. The van der Waals surface area contributed by atoms with E-state index in [-0.39, 0.29) is 30.4 Å². The lowest BCUT2D eigenvalue weighted by atomic mass is 10.1. The van der Waals surface area contributed by atoms with Crippen LogP contribution in [0, 0.1) is 5.92 Å². The summed E-state index contributed by atoms with van der Waals surface area (Å²) in [6, 6.07) is -0.290. The Kier molecular flexibility index (Phi) is 4.03. The third kappa shape index (κ3) is 3.08. The molecule has 0 saturated carbocycles. The highest BCUT2D eigenvalue weighted by Crippen LogP contribution is 2.04. The van der Waals surface area contributed by atoms with Crippen molar-refractivity contribution in [3.8, 4) is 0 Å². The van der Waals surface area contributed by atoms with Crippen LogP contribution in [0.15, 0.2) is 0 Å². The van der Waals surface area contributed by atoms with Gasteiger partial charge >= 0.3 is 0 Å². The van der Waals surface area contributed by atoms with E-state index in [1.807, 2.05) is 6.92 Å². The largest absolute Gasteiger partial charge is 0.396 e. The molecule has 80 valence electrons. The first kappa shape index (κ1) is 11.1. The lowest BCUT2D eigenvalue weighted by Gasteiger charge is -2.23. The minimum absolute atomic E-state index is 0.0975. The fourth-order valence-corrected chi connectivity index (χ4v) is 1.30. The fourth-order valence-electron chi connectivity index (χ4n) is 1.30. The van der Waals surface area contributed by atoms with Crippen molar-refractivity contribution in [2.24, 2.45) is 5.92 Å². The van der Waals surface area contributed by atoms with Crippen LogP contribution in [-0.4, -0.2) is 36.1 Å². The van der Waals surface area contributed by atoms with Crippen LogP contribution in [0.25, 0.3) is 0 Å². The van der Waals surface area contributed by atoms with Crippen LogP contribution in [0.5, 0.6) is 0 Å². The molecule has 1 aliphatic heterocycles. The van der Waals surface area contributed by atoms with Crippen LogP contribution >= 0.6 is 0 Å². The Balaban J connectivity index is 2.31. The Hall–Kier alpha value is -0.940. The molecule has 0 radical (unpaired) electrons. The third-order valence-electron chi connectivity index (χ3n) is 2.26. The maximum absolute atomic E-state index is 11.2. The van der Waals surface area contributed by atoms with Crippen molar-refractivity contribution in [3.05, 3.63) is 0 Å². The van der Waals surface area contributed by atoms with Crippen molar-refractivity contribution in [1.29, 1.82) is 0 Å². The zero-order valence-corrected chi connectivity index (χ0v) is 8.25. The molecule has 5 nitrogen and oxygen atoms in total. The minimum Gasteiger partial charge on any atom is -0.396 e. The summed E-state index contributed by atoms with van der Waals surface area (Å²) in [5.41, 5.74) is 0. The first-order valence-electron chi connectivity index (χ1n) is 4.81. The zero-order chi connectivity index (χ0) is 10.6. The molecule has 0 aromatic carbocycles. The molecule has 14 heavy (non-hydrogen) atoms. The average Bonchev–Trinajstić information content (AvgIpc) is 2.16. The lowest BCUT2D eigenvalue weighted by Crippen LogP contribution is -2.51. The highest BCUT2D eigenvalue weighted by Gasteiger charge is 2.25. The van der Waals surface area contributed by atoms with Gasteiger partial charge in [-0.1, -0.05) is 6.92 Å². The molecule has 0 aromatic heterocycles. The van der Waals surface area contributed by atoms with Gasteiger partial charge in [-0.05, 0) is 12.3 Å². The topological polar surface area (TPSA) is 78.4 Å². The maximum Gasteiger partial charge on any atom is 0.243 e. The summed E-state index contributed by atoms with van der Waals surface area (Å²) in [7, 11) is 0. The Labute approximate surface area is 82.9 Å². The van der Waals surface area contributed by atoms with Crippen LogP contribution in [0.3, 0.4) is 0 Å². The van der Waals surface area contributed by atoms with Crippen molar-refractivity contribution in [3.63, 3.8) is 0 Å². The molecule has 0 aromatic rings. The number of carbonyl (C=O) groups is 2. The van der Waals surface area contributed by atoms with E-state index < -0.39 is 0 Å². The SMILES string of the molecule is CC(CO)CNC1CCC(=O)NC1=O. The summed E-state index contributed by atoms with van der Waals surface area (Å²) < 4.78 is 0. The Morgan fingerprint density at radius 2 is 2.36 bits per heavy atom. The number of carbonyl (C=O) groups excluding carboxylic acids is 2. The average molecular weight is 200 g/mol. The second-order valence-electron chi connectivity index (χ2n) is 3.70. The minimum atomic E-state index is -0.290. The number of aliphatic hydroxyl groups is 1. The van der Waals surface area contributed by atoms with Gasteiger partial charge in [-0.25, -0.2) is 0 Å². The van der Waals surface area contributed by atoms with Crippen molar-refractivity contribution in [2.75, 3.05) is 13.2 Å². The Bertz CT molecular complexity index is 230. The first-order chi connectivity index (χ1) is 6.63. The van der Waals surface area contributed by atoms with Gasteiger partial charge in [0.05, 0.1) is 6.04 Å². The molecule has 1 rings (SSSR count). The van der Waals surface area contributed by atoms with E-state index in [2.05, 4.69) is 10.6 Å². The Morgan fingerprint density at radius 3 is 2.93 bits per heavy atom. The summed E-state index contributed by atoms with van der Waals surface area (Å²) in [5.74, 6) is -0.338. The fraction of sp³-hybridized carbons (Fsp3) is 0.778. The highest BCUT2D eigenvalue weighted by molar-refractivity contribution is 6.00. The summed E-state index contributed by atoms with van der Waals surface area (Å²) in [6.07, 6.45) is 0.930. The molecule has 1 fully saturated rings. The van der Waals surface area contributed by atoms with Gasteiger partial charge in [-0.2, -0.15) is 0 Å². The van der Waals surface area contributed by atoms with Gasteiger partial charge in [0.25, 0.3) is 0 Å². The molecule has 1 aliphatic rings. The molecule has 1 heterocycles. The van der Waals surface area contributed by atoms with Crippen LogP contribution in [0.4, 0.5) is 0 Å². The van der Waals surface area contributed by atoms with Gasteiger partial charge < -0.3 is 10.4 Å². The van der Waals surface area contributed by atoms with Crippen molar-refractivity contribution in [1.82, 2.24) is 10.6 Å². The number of rotatable bonds is 4. The molecule has 0 spiro atoms. The number of nitrogens with one attached hydrogen (secondary N) is 2. The number of imide groups is 1. The van der Waals surface area contributed by atoms with Crippen molar-refractivity contribution in [2.45, 2.75) is 25.8 Å². The summed E-state index contributed by atoms with van der Waals surface area (Å²) in [4.78, 5) is 22.1. The first-order valence-corrected chi connectivity index (χ1v) is 4.81. The summed E-state index contributed by atoms with van der Waals surface area (Å²) in [6.45, 7) is 2.57. The molecule has 1 saturated heterocycles. The van der Waals surface area contributed by atoms with Crippen molar-refractivity contribution < 1.29 is 14.7 Å². The van der Waals surface area contributed by atoms with Crippen molar-refractivity contribution >= 4 is 11.8 Å². The van der Waals surface area contributed by atoms with E-state index >= 15 is 0 Å². The van der Waals surface area contributed by atoms with E-state index in [9.17, 15) is 9.59 Å². The molecule has 3 N–H and O–H groups in total.